The number of benzene rings is 3. The van der Waals surface area contributed by atoms with Gasteiger partial charge in [0.25, 0.3) is 0 Å². The van der Waals surface area contributed by atoms with Gasteiger partial charge < -0.3 is 49.2 Å². The molecule has 0 saturated heterocycles. The SMILES string of the molecule is CC(CO)c1cnc2c(NCCc3c[nH]c4ccccc34)cc(-c3cncc(F)c3)cn12.CCC(C)c1cnc2c(NCCc3c[nH]c4ccccc34)cc(-c3cncc(C)c3)cn12.CCC(C)c1cnc2c(NCCc3c[nH]c4ccccc34)cc(-c3cncc(Cl)c3)cn12. The normalized spacial score (nSPS) is 12.5. The molecule has 3 aromatic carbocycles. The van der Waals surface area contributed by atoms with Crippen LogP contribution in [-0.4, -0.2) is 89.4 Å². The average molecular weight is 1300 g/mol. The van der Waals surface area contributed by atoms with Crippen molar-refractivity contribution in [1.29, 1.82) is 0 Å². The molecule has 0 bridgehead atoms. The van der Waals surface area contributed by atoms with Crippen LogP contribution in [-0.2, 0) is 19.3 Å². The average Bonchev–Trinajstić information content (AvgIpc) is 1.60. The van der Waals surface area contributed by atoms with Crippen LogP contribution < -0.4 is 16.0 Å². The van der Waals surface area contributed by atoms with Gasteiger partial charge in [-0.15, -0.1) is 0 Å². The first-order chi connectivity index (χ1) is 46.9. The van der Waals surface area contributed by atoms with E-state index in [-0.39, 0.29) is 18.3 Å². The summed E-state index contributed by atoms with van der Waals surface area (Å²) in [6, 6.07) is 37.1. The molecule has 0 fully saturated rings. The van der Waals surface area contributed by atoms with Crippen LogP contribution in [0.3, 0.4) is 0 Å². The predicted molar refractivity (Wildman–Crippen MR) is 389 cm³/mol. The van der Waals surface area contributed by atoms with E-state index in [4.69, 9.17) is 21.6 Å². The van der Waals surface area contributed by atoms with Crippen LogP contribution in [0.4, 0.5) is 21.5 Å². The zero-order chi connectivity index (χ0) is 66.2. The number of aromatic nitrogens is 12. The minimum Gasteiger partial charge on any atom is -0.396 e. The zero-order valence-corrected chi connectivity index (χ0v) is 55.6. The van der Waals surface area contributed by atoms with Gasteiger partial charge in [0.05, 0.1) is 34.9 Å². The number of imidazole rings is 3. The fraction of sp³-hybridized carbons (Fsp3) is 0.231. The number of aryl methyl sites for hydroxylation is 1. The number of H-pyrrole nitrogens is 3. The number of hydrogen-bond acceptors (Lipinski definition) is 10. The number of para-hydroxylation sites is 3. The van der Waals surface area contributed by atoms with E-state index in [9.17, 15) is 9.50 Å². The van der Waals surface area contributed by atoms with Gasteiger partial charge in [0.2, 0.25) is 0 Å². The Kier molecular flexibility index (Phi) is 19.3. The second-order valence-corrected chi connectivity index (χ2v) is 25.3. The summed E-state index contributed by atoms with van der Waals surface area (Å²) in [4.78, 5) is 36.9. The third-order valence-electron chi connectivity index (χ3n) is 18.4. The Labute approximate surface area is 562 Å². The molecule has 18 heteroatoms. The molecular formula is C78H79ClFN15O. The molecule has 0 aliphatic rings. The van der Waals surface area contributed by atoms with Crippen LogP contribution in [0, 0.1) is 12.7 Å². The van der Waals surface area contributed by atoms with Crippen molar-refractivity contribution in [2.24, 2.45) is 0 Å². The summed E-state index contributed by atoms with van der Waals surface area (Å²) in [5, 5.41) is 24.9. The van der Waals surface area contributed by atoms with Crippen molar-refractivity contribution in [3.8, 4) is 33.4 Å². The van der Waals surface area contributed by atoms with Crippen molar-refractivity contribution >= 4 is 78.3 Å². The molecule has 3 unspecified atom stereocenters. The number of nitrogens with zero attached hydrogens (tertiary/aromatic N) is 9. The van der Waals surface area contributed by atoms with E-state index < -0.39 is 0 Å². The van der Waals surface area contributed by atoms with Crippen LogP contribution in [0.25, 0.3) is 83.0 Å². The van der Waals surface area contributed by atoms with Crippen LogP contribution >= 0.6 is 11.6 Å². The summed E-state index contributed by atoms with van der Waals surface area (Å²) >= 11 is 6.22. The highest BCUT2D eigenvalue weighted by Crippen LogP contribution is 2.34. The molecule has 0 aliphatic carbocycles. The highest BCUT2D eigenvalue weighted by atomic mass is 35.5. The van der Waals surface area contributed by atoms with Crippen molar-refractivity contribution in [2.45, 2.75) is 91.4 Å². The van der Waals surface area contributed by atoms with Gasteiger partial charge >= 0.3 is 0 Å². The molecule has 15 aromatic rings. The Hall–Kier alpha value is -10.6. The number of halogens is 2. The number of rotatable bonds is 21. The summed E-state index contributed by atoms with van der Waals surface area (Å²) in [6.45, 7) is 15.3. The number of nitrogens with one attached hydrogen (secondary N) is 6. The van der Waals surface area contributed by atoms with Crippen molar-refractivity contribution in [2.75, 3.05) is 42.2 Å². The van der Waals surface area contributed by atoms with Gasteiger partial charge in [0.15, 0.2) is 16.9 Å². The summed E-state index contributed by atoms with van der Waals surface area (Å²) in [6.07, 6.45) is 33.3. The van der Waals surface area contributed by atoms with E-state index in [0.717, 1.165) is 124 Å². The fourth-order valence-electron chi connectivity index (χ4n) is 12.6. The molecule has 0 spiro atoms. The lowest BCUT2D eigenvalue weighted by atomic mass is 10.1. The van der Waals surface area contributed by atoms with Crippen LogP contribution in [0.1, 0.15) is 105 Å². The van der Waals surface area contributed by atoms with E-state index >= 15 is 0 Å². The van der Waals surface area contributed by atoms with Crippen LogP contribution in [0.15, 0.2) is 202 Å². The van der Waals surface area contributed by atoms with Gasteiger partial charge in [-0.05, 0) is 128 Å². The Bertz CT molecular complexity index is 4660. The second kappa shape index (κ2) is 28.9. The Balaban J connectivity index is 0.000000130. The predicted octanol–water partition coefficient (Wildman–Crippen LogP) is 17.8. The lowest BCUT2D eigenvalue weighted by molar-refractivity contribution is 0.270. The zero-order valence-electron chi connectivity index (χ0n) is 54.9. The third kappa shape index (κ3) is 13.8. The smallest absolute Gasteiger partial charge is 0.160 e. The molecular weight excluding hydrogens is 1220 g/mol. The molecule has 96 heavy (non-hydrogen) atoms. The minimum absolute atomic E-state index is 0.0167. The van der Waals surface area contributed by atoms with Gasteiger partial charge in [-0.1, -0.05) is 101 Å². The second-order valence-electron chi connectivity index (χ2n) is 24.9. The molecule has 12 aromatic heterocycles. The highest BCUT2D eigenvalue weighted by Gasteiger charge is 2.20. The lowest BCUT2D eigenvalue weighted by Crippen LogP contribution is -2.08. The van der Waals surface area contributed by atoms with E-state index in [1.54, 1.807) is 18.6 Å². The quantitative estimate of drug-likeness (QED) is 0.0364. The number of hydrogen-bond donors (Lipinski definition) is 7. The number of aliphatic hydroxyl groups is 1. The molecule has 3 atom stereocenters. The lowest BCUT2D eigenvalue weighted by Gasteiger charge is -2.14. The third-order valence-corrected chi connectivity index (χ3v) is 18.6. The maximum absolute atomic E-state index is 13.8. The van der Waals surface area contributed by atoms with E-state index in [0.29, 0.717) is 29.0 Å². The largest absolute Gasteiger partial charge is 0.396 e. The van der Waals surface area contributed by atoms with Crippen LogP contribution in [0.5, 0.6) is 0 Å². The number of fused-ring (bicyclic) bond motifs is 6. The molecule has 7 N–H and O–H groups in total. The molecule has 12 heterocycles. The fourth-order valence-corrected chi connectivity index (χ4v) is 12.8. The highest BCUT2D eigenvalue weighted by molar-refractivity contribution is 6.30. The molecule has 16 nitrogen and oxygen atoms in total. The van der Waals surface area contributed by atoms with Crippen LogP contribution in [0.2, 0.25) is 5.02 Å². The van der Waals surface area contributed by atoms with Crippen molar-refractivity contribution in [3.05, 3.63) is 252 Å². The summed E-state index contributed by atoms with van der Waals surface area (Å²) in [5.74, 6) is 0.391. The molecule has 15 rings (SSSR count). The first-order valence-electron chi connectivity index (χ1n) is 33.1. The summed E-state index contributed by atoms with van der Waals surface area (Å²) in [7, 11) is 0. The maximum Gasteiger partial charge on any atom is 0.160 e. The topological polar surface area (TPSA) is 194 Å². The van der Waals surface area contributed by atoms with E-state index in [2.05, 4.69) is 198 Å². The van der Waals surface area contributed by atoms with Gasteiger partial charge in [-0.2, -0.15) is 0 Å². The number of aromatic amines is 3. The standard InChI is InChI=1S/C27H29N5.C26H26ClN5.C25H24FN5O/c1-4-19(3)26-16-31-27-25(12-22(17-32(26)27)21-11-18(2)13-28-14-21)29-10-9-20-15-30-24-8-6-5-7-23(20)24;1-3-17(2)25-15-31-26-24(11-20(16-32(25)26)19-10-21(27)14-28-12-19)29-9-8-18-13-30-23-7-5-4-6-22(18)23;1-16(15-32)24-13-30-25-23(9-19(14-31(24)25)18-8-20(26)12-27-10-18)28-7-6-17-11-29-22-5-3-2-4-21(17)22/h5-8,11-17,19,29-30H,4,9-10H2,1-3H3;4-7,10-17,29-30H,3,8-9H2,1-2H3;2-5,8-14,16,28-29,32H,6-7,15H2,1H3. The van der Waals surface area contributed by atoms with Crippen molar-refractivity contribution in [1.82, 2.24) is 58.1 Å². The Morgan fingerprint density at radius 2 is 0.833 bits per heavy atom. The Morgan fingerprint density at radius 3 is 1.22 bits per heavy atom. The number of anilines is 3. The van der Waals surface area contributed by atoms with Gasteiger partial charge in [0, 0.05) is 195 Å². The summed E-state index contributed by atoms with van der Waals surface area (Å²) in [5.41, 5.74) is 23.3. The molecule has 0 saturated carbocycles. The first kappa shape index (κ1) is 64.1. The molecule has 486 valence electrons. The van der Waals surface area contributed by atoms with Gasteiger partial charge in [0.1, 0.15) is 5.82 Å². The van der Waals surface area contributed by atoms with Crippen molar-refractivity contribution < 1.29 is 9.50 Å². The first-order valence-corrected chi connectivity index (χ1v) is 33.4. The van der Waals surface area contributed by atoms with Gasteiger partial charge in [-0.3, -0.25) is 15.0 Å². The minimum atomic E-state index is -0.383. The molecule has 0 amide bonds. The summed E-state index contributed by atoms with van der Waals surface area (Å²) < 4.78 is 20.2. The monoisotopic (exact) mass is 1300 g/mol. The van der Waals surface area contributed by atoms with E-state index in [1.165, 1.54) is 67.5 Å². The molecule has 0 aliphatic heterocycles. The molecule has 0 radical (unpaired) electrons. The Morgan fingerprint density at radius 1 is 0.458 bits per heavy atom. The van der Waals surface area contributed by atoms with Crippen molar-refractivity contribution in [3.63, 3.8) is 0 Å². The number of aliphatic hydroxyl groups excluding tert-OH is 1. The van der Waals surface area contributed by atoms with E-state index in [1.807, 2.05) is 79.0 Å². The van der Waals surface area contributed by atoms with Gasteiger partial charge in [-0.25, -0.2) is 19.3 Å². The maximum atomic E-state index is 13.8. The number of pyridine rings is 6.